The van der Waals surface area contributed by atoms with Crippen LogP contribution in [0.25, 0.3) is 5.57 Å². The number of rotatable bonds is 7. The van der Waals surface area contributed by atoms with Crippen molar-refractivity contribution in [2.24, 2.45) is 0 Å². The zero-order valence-electron chi connectivity index (χ0n) is 16.4. The van der Waals surface area contributed by atoms with Crippen LogP contribution in [0.2, 0.25) is 0 Å². The fourth-order valence-corrected chi connectivity index (χ4v) is 2.59. The highest BCUT2D eigenvalue weighted by Gasteiger charge is 2.25. The standard InChI is InChI=1S/C20H24N2O5/c1-11(2)14-7-12(3)8-15(9-14)27-19-17(16(10-25-5)20(23)24)18(26-6)21-13(4)22-19/h7-11H,1-6H3,(H,23,24)/b16-10-. The van der Waals surface area contributed by atoms with Crippen molar-refractivity contribution >= 4 is 11.5 Å². The van der Waals surface area contributed by atoms with Crippen LogP contribution in [0.15, 0.2) is 24.5 Å². The Morgan fingerprint density at radius 2 is 1.78 bits per heavy atom. The van der Waals surface area contributed by atoms with E-state index in [2.05, 4.69) is 29.9 Å². The van der Waals surface area contributed by atoms with Gasteiger partial charge in [-0.1, -0.05) is 19.9 Å². The average Bonchev–Trinajstić information content (AvgIpc) is 2.59. The van der Waals surface area contributed by atoms with Gasteiger partial charge in [0.05, 0.1) is 20.5 Å². The van der Waals surface area contributed by atoms with E-state index in [1.807, 2.05) is 19.1 Å². The van der Waals surface area contributed by atoms with Gasteiger partial charge in [-0.15, -0.1) is 0 Å². The summed E-state index contributed by atoms with van der Waals surface area (Å²) in [5, 5.41) is 9.58. The summed E-state index contributed by atoms with van der Waals surface area (Å²) in [5.74, 6) is 0.243. The third-order valence-corrected chi connectivity index (χ3v) is 3.84. The fourth-order valence-electron chi connectivity index (χ4n) is 2.59. The van der Waals surface area contributed by atoms with Gasteiger partial charge < -0.3 is 19.3 Å². The van der Waals surface area contributed by atoms with Gasteiger partial charge in [0.15, 0.2) is 0 Å². The van der Waals surface area contributed by atoms with Gasteiger partial charge in [-0.25, -0.2) is 4.79 Å². The second-order valence-corrected chi connectivity index (χ2v) is 6.37. The van der Waals surface area contributed by atoms with Crippen molar-refractivity contribution in [2.75, 3.05) is 14.2 Å². The zero-order valence-corrected chi connectivity index (χ0v) is 16.4. The summed E-state index contributed by atoms with van der Waals surface area (Å²) in [6, 6.07) is 5.85. The van der Waals surface area contributed by atoms with Gasteiger partial charge in [0.2, 0.25) is 11.8 Å². The molecule has 2 aromatic rings. The summed E-state index contributed by atoms with van der Waals surface area (Å²) in [6.45, 7) is 7.83. The molecule has 0 saturated heterocycles. The van der Waals surface area contributed by atoms with Gasteiger partial charge in [-0.2, -0.15) is 9.97 Å². The van der Waals surface area contributed by atoms with Crippen LogP contribution in [0, 0.1) is 13.8 Å². The number of methoxy groups -OCH3 is 2. The minimum atomic E-state index is -1.21. The molecule has 0 spiro atoms. The Morgan fingerprint density at radius 1 is 1.11 bits per heavy atom. The maximum absolute atomic E-state index is 11.7. The predicted octanol–water partition coefficient (Wildman–Crippen LogP) is 4.09. The molecular formula is C20H24N2O5. The molecule has 1 aromatic carbocycles. The minimum absolute atomic E-state index is 0.0883. The lowest BCUT2D eigenvalue weighted by atomic mass is 10.0. The Bertz CT molecular complexity index is 875. The first-order chi connectivity index (χ1) is 12.8. The third-order valence-electron chi connectivity index (χ3n) is 3.84. The summed E-state index contributed by atoms with van der Waals surface area (Å²) >= 11 is 0. The van der Waals surface area contributed by atoms with E-state index in [1.165, 1.54) is 14.2 Å². The van der Waals surface area contributed by atoms with Crippen molar-refractivity contribution < 1.29 is 24.1 Å². The Morgan fingerprint density at radius 3 is 2.33 bits per heavy atom. The molecule has 0 saturated carbocycles. The van der Waals surface area contributed by atoms with Gasteiger partial charge in [0.25, 0.3) is 0 Å². The SMILES string of the molecule is CO/C=C(\C(=O)O)c1c(OC)nc(C)nc1Oc1cc(C)cc(C(C)C)c1. The summed E-state index contributed by atoms with van der Waals surface area (Å²) in [6.07, 6.45) is 1.10. The lowest BCUT2D eigenvalue weighted by Crippen LogP contribution is -2.08. The van der Waals surface area contributed by atoms with Gasteiger partial charge >= 0.3 is 5.97 Å². The van der Waals surface area contributed by atoms with Crippen molar-refractivity contribution in [1.82, 2.24) is 9.97 Å². The van der Waals surface area contributed by atoms with Crippen LogP contribution in [0.4, 0.5) is 0 Å². The second kappa shape index (κ2) is 8.53. The molecule has 0 aliphatic carbocycles. The van der Waals surface area contributed by atoms with Crippen LogP contribution in [-0.4, -0.2) is 35.3 Å². The number of hydrogen-bond donors (Lipinski definition) is 1. The molecule has 0 aliphatic rings. The van der Waals surface area contributed by atoms with Gasteiger partial charge in [0.1, 0.15) is 22.7 Å². The minimum Gasteiger partial charge on any atom is -0.503 e. The molecular weight excluding hydrogens is 348 g/mol. The summed E-state index contributed by atoms with van der Waals surface area (Å²) in [7, 11) is 2.77. The van der Waals surface area contributed by atoms with E-state index in [1.54, 1.807) is 6.92 Å². The van der Waals surface area contributed by atoms with Crippen LogP contribution < -0.4 is 9.47 Å². The molecule has 0 fully saturated rings. The first kappa shape index (κ1) is 20.2. The maximum atomic E-state index is 11.7. The van der Waals surface area contributed by atoms with Crippen molar-refractivity contribution in [3.63, 3.8) is 0 Å². The monoisotopic (exact) mass is 372 g/mol. The molecule has 0 radical (unpaired) electrons. The molecule has 1 N–H and O–H groups in total. The number of nitrogens with zero attached hydrogens (tertiary/aromatic N) is 2. The van der Waals surface area contributed by atoms with E-state index < -0.39 is 5.97 Å². The molecule has 27 heavy (non-hydrogen) atoms. The van der Waals surface area contributed by atoms with E-state index in [9.17, 15) is 9.90 Å². The van der Waals surface area contributed by atoms with Crippen LogP contribution in [0.3, 0.4) is 0 Å². The van der Waals surface area contributed by atoms with Gasteiger partial charge in [-0.3, -0.25) is 0 Å². The van der Waals surface area contributed by atoms with E-state index in [0.717, 1.165) is 17.4 Å². The van der Waals surface area contributed by atoms with Crippen LogP contribution in [0.1, 0.15) is 42.3 Å². The molecule has 0 unspecified atom stereocenters. The van der Waals surface area contributed by atoms with Gasteiger partial charge in [-0.05, 0) is 43.0 Å². The molecule has 144 valence electrons. The Hall–Kier alpha value is -3.09. The molecule has 2 rings (SSSR count). The summed E-state index contributed by atoms with van der Waals surface area (Å²) in [4.78, 5) is 20.2. The smallest absolute Gasteiger partial charge is 0.339 e. The maximum Gasteiger partial charge on any atom is 0.339 e. The molecule has 7 heteroatoms. The lowest BCUT2D eigenvalue weighted by Gasteiger charge is -2.16. The van der Waals surface area contributed by atoms with E-state index in [-0.39, 0.29) is 22.9 Å². The normalized spacial score (nSPS) is 11.4. The number of aromatic nitrogens is 2. The number of aryl methyl sites for hydroxylation is 2. The highest BCUT2D eigenvalue weighted by atomic mass is 16.5. The van der Waals surface area contributed by atoms with Crippen LogP contribution in [-0.2, 0) is 9.53 Å². The molecule has 0 amide bonds. The van der Waals surface area contributed by atoms with Gasteiger partial charge in [0, 0.05) is 0 Å². The van der Waals surface area contributed by atoms with Crippen molar-refractivity contribution in [2.45, 2.75) is 33.6 Å². The van der Waals surface area contributed by atoms with Crippen LogP contribution in [0.5, 0.6) is 17.5 Å². The number of hydrogen-bond acceptors (Lipinski definition) is 6. The van der Waals surface area contributed by atoms with Crippen molar-refractivity contribution in [3.05, 3.63) is 47.0 Å². The zero-order chi connectivity index (χ0) is 20.1. The number of benzene rings is 1. The fraction of sp³-hybridized carbons (Fsp3) is 0.350. The molecule has 0 atom stereocenters. The first-order valence-corrected chi connectivity index (χ1v) is 8.45. The first-order valence-electron chi connectivity index (χ1n) is 8.45. The average molecular weight is 372 g/mol. The van der Waals surface area contributed by atoms with E-state index in [0.29, 0.717) is 17.5 Å². The highest BCUT2D eigenvalue weighted by molar-refractivity contribution is 6.16. The summed E-state index contributed by atoms with van der Waals surface area (Å²) in [5.41, 5.74) is 2.09. The Balaban J connectivity index is 2.65. The lowest BCUT2D eigenvalue weighted by molar-refractivity contribution is -0.130. The Kier molecular flexibility index (Phi) is 6.39. The predicted molar refractivity (Wildman–Crippen MR) is 101 cm³/mol. The number of carboxylic acids is 1. The quantitative estimate of drug-likeness (QED) is 0.578. The molecule has 0 aliphatic heterocycles. The van der Waals surface area contributed by atoms with E-state index in [4.69, 9.17) is 14.2 Å². The van der Waals surface area contributed by atoms with Crippen LogP contribution >= 0.6 is 0 Å². The number of carbonyl (C=O) groups is 1. The molecule has 1 heterocycles. The Labute approximate surface area is 158 Å². The second-order valence-electron chi connectivity index (χ2n) is 6.37. The number of aliphatic carboxylic acids is 1. The molecule has 7 nitrogen and oxygen atoms in total. The summed E-state index contributed by atoms with van der Waals surface area (Å²) < 4.78 is 16.2. The molecule has 0 bridgehead atoms. The highest BCUT2D eigenvalue weighted by Crippen LogP contribution is 2.36. The topological polar surface area (TPSA) is 90.8 Å². The number of ether oxygens (including phenoxy) is 3. The van der Waals surface area contributed by atoms with Crippen molar-refractivity contribution in [1.29, 1.82) is 0 Å². The molecule has 1 aromatic heterocycles. The van der Waals surface area contributed by atoms with Crippen molar-refractivity contribution in [3.8, 4) is 17.5 Å². The third kappa shape index (κ3) is 4.75. The van der Waals surface area contributed by atoms with E-state index >= 15 is 0 Å². The largest absolute Gasteiger partial charge is 0.503 e. The number of carboxylic acid groups (broad SMARTS) is 1.